The van der Waals surface area contributed by atoms with Crippen molar-refractivity contribution in [2.45, 2.75) is 27.7 Å². The van der Waals surface area contributed by atoms with E-state index in [9.17, 15) is 9.59 Å². The number of fused-ring (bicyclic) bond motifs is 1. The van der Waals surface area contributed by atoms with Crippen molar-refractivity contribution >= 4 is 11.6 Å². The molecule has 78 valence electrons. The van der Waals surface area contributed by atoms with Gasteiger partial charge in [0.05, 0.1) is 0 Å². The number of Topliss-reactive ketones (excluding diaryl/α,β-unsaturated/α-hetero) is 2. The Bertz CT molecular complexity index is 241. The molecule has 2 rings (SSSR count). The SMILES string of the molecule is C[C@H]1C(=O)[C@H](C)C2C1[C@@H](C)C(=O)[C@@H]2C. The highest BCUT2D eigenvalue weighted by Gasteiger charge is 2.57. The minimum atomic E-state index is 0.0962. The van der Waals surface area contributed by atoms with E-state index in [2.05, 4.69) is 0 Å². The van der Waals surface area contributed by atoms with E-state index in [1.807, 2.05) is 27.7 Å². The summed E-state index contributed by atoms with van der Waals surface area (Å²) in [7, 11) is 0. The molecule has 0 aliphatic heterocycles. The molecule has 0 heterocycles. The predicted molar refractivity (Wildman–Crippen MR) is 53.7 cm³/mol. The fraction of sp³-hybridized carbons (Fsp3) is 0.833. The molecule has 4 atom stereocenters. The number of carbonyl (C=O) groups is 2. The lowest BCUT2D eigenvalue weighted by molar-refractivity contribution is -0.127. The highest BCUT2D eigenvalue weighted by Crippen LogP contribution is 2.52. The Labute approximate surface area is 85.1 Å². The van der Waals surface area contributed by atoms with Crippen LogP contribution in [0.15, 0.2) is 0 Å². The van der Waals surface area contributed by atoms with Crippen LogP contribution in [0.5, 0.6) is 0 Å². The second-order valence-corrected chi connectivity index (χ2v) is 5.11. The second-order valence-electron chi connectivity index (χ2n) is 5.11. The lowest BCUT2D eigenvalue weighted by Crippen LogP contribution is -2.22. The Balaban J connectivity index is 2.39. The van der Waals surface area contributed by atoms with E-state index >= 15 is 0 Å². The van der Waals surface area contributed by atoms with Crippen LogP contribution in [0.3, 0.4) is 0 Å². The molecule has 2 saturated carbocycles. The molecular formula is C12H18O2. The molecule has 0 aromatic carbocycles. The highest BCUT2D eigenvalue weighted by molar-refractivity contribution is 5.93. The van der Waals surface area contributed by atoms with Crippen molar-refractivity contribution < 1.29 is 9.59 Å². The molecular weight excluding hydrogens is 176 g/mol. The van der Waals surface area contributed by atoms with Crippen molar-refractivity contribution in [2.24, 2.45) is 35.5 Å². The van der Waals surface area contributed by atoms with E-state index in [1.54, 1.807) is 0 Å². The van der Waals surface area contributed by atoms with Gasteiger partial charge in [0.2, 0.25) is 0 Å². The Hall–Kier alpha value is -0.660. The normalized spacial score (nSPS) is 52.6. The third-order valence-corrected chi connectivity index (χ3v) is 4.55. The monoisotopic (exact) mass is 194 g/mol. The average Bonchev–Trinajstić information content (AvgIpc) is 2.51. The summed E-state index contributed by atoms with van der Waals surface area (Å²) in [6, 6.07) is 0. The first-order valence-electron chi connectivity index (χ1n) is 5.54. The minimum absolute atomic E-state index is 0.0962. The fourth-order valence-corrected chi connectivity index (χ4v) is 3.79. The number of hydrogen-bond donors (Lipinski definition) is 0. The van der Waals surface area contributed by atoms with Crippen molar-refractivity contribution in [1.82, 2.24) is 0 Å². The van der Waals surface area contributed by atoms with E-state index < -0.39 is 0 Å². The summed E-state index contributed by atoms with van der Waals surface area (Å²) in [4.78, 5) is 23.6. The maximum atomic E-state index is 11.8. The highest BCUT2D eigenvalue weighted by atomic mass is 16.1. The molecule has 0 aromatic heterocycles. The van der Waals surface area contributed by atoms with Gasteiger partial charge in [-0.15, -0.1) is 0 Å². The summed E-state index contributed by atoms with van der Waals surface area (Å²) in [6.45, 7) is 7.97. The van der Waals surface area contributed by atoms with Crippen LogP contribution in [0, 0.1) is 35.5 Å². The zero-order valence-electron chi connectivity index (χ0n) is 9.28. The van der Waals surface area contributed by atoms with Crippen molar-refractivity contribution in [3.8, 4) is 0 Å². The fourth-order valence-electron chi connectivity index (χ4n) is 3.79. The summed E-state index contributed by atoms with van der Waals surface area (Å²) >= 11 is 0. The Kier molecular flexibility index (Phi) is 2.06. The molecule has 0 aromatic rings. The van der Waals surface area contributed by atoms with Crippen LogP contribution in [0.2, 0.25) is 0 Å². The largest absolute Gasteiger partial charge is 0.299 e. The quantitative estimate of drug-likeness (QED) is 0.590. The van der Waals surface area contributed by atoms with Crippen LogP contribution in [0.25, 0.3) is 0 Å². The summed E-state index contributed by atoms with van der Waals surface area (Å²) in [6.07, 6.45) is 0. The summed E-state index contributed by atoms with van der Waals surface area (Å²) in [5.41, 5.74) is 0. The summed E-state index contributed by atoms with van der Waals surface area (Å²) in [5.74, 6) is 1.76. The molecule has 2 aliphatic carbocycles. The van der Waals surface area contributed by atoms with Gasteiger partial charge in [0, 0.05) is 23.7 Å². The first kappa shape index (κ1) is 9.88. The van der Waals surface area contributed by atoms with Crippen LogP contribution >= 0.6 is 0 Å². The van der Waals surface area contributed by atoms with Crippen molar-refractivity contribution in [3.63, 3.8) is 0 Å². The zero-order chi connectivity index (χ0) is 10.6. The number of ketones is 2. The first-order chi connectivity index (χ1) is 6.46. The van der Waals surface area contributed by atoms with Gasteiger partial charge in [-0.3, -0.25) is 9.59 Å². The van der Waals surface area contributed by atoms with Gasteiger partial charge in [0.1, 0.15) is 11.6 Å². The van der Waals surface area contributed by atoms with Crippen molar-refractivity contribution in [3.05, 3.63) is 0 Å². The lowest BCUT2D eigenvalue weighted by Gasteiger charge is -2.18. The van der Waals surface area contributed by atoms with Gasteiger partial charge in [-0.05, 0) is 11.8 Å². The van der Waals surface area contributed by atoms with Crippen molar-refractivity contribution in [1.29, 1.82) is 0 Å². The van der Waals surface area contributed by atoms with E-state index in [-0.39, 0.29) is 23.7 Å². The molecule has 2 aliphatic rings. The van der Waals surface area contributed by atoms with Gasteiger partial charge < -0.3 is 0 Å². The molecule has 0 radical (unpaired) electrons. The van der Waals surface area contributed by atoms with Crippen LogP contribution < -0.4 is 0 Å². The molecule has 0 bridgehead atoms. The lowest BCUT2D eigenvalue weighted by atomic mass is 9.84. The van der Waals surface area contributed by atoms with Crippen LogP contribution in [0.1, 0.15) is 27.7 Å². The summed E-state index contributed by atoms with van der Waals surface area (Å²) in [5, 5.41) is 0. The first-order valence-corrected chi connectivity index (χ1v) is 5.54. The van der Waals surface area contributed by atoms with Gasteiger partial charge in [-0.1, -0.05) is 27.7 Å². The summed E-state index contributed by atoms with van der Waals surface area (Å²) < 4.78 is 0. The van der Waals surface area contributed by atoms with Gasteiger partial charge in [0.15, 0.2) is 0 Å². The Morgan fingerprint density at radius 2 is 0.857 bits per heavy atom. The van der Waals surface area contributed by atoms with Crippen LogP contribution in [-0.2, 0) is 9.59 Å². The van der Waals surface area contributed by atoms with Gasteiger partial charge in [0.25, 0.3) is 0 Å². The van der Waals surface area contributed by atoms with Gasteiger partial charge in [-0.25, -0.2) is 0 Å². The molecule has 2 nitrogen and oxygen atoms in total. The molecule has 2 heteroatoms. The second kappa shape index (κ2) is 2.91. The molecule has 0 N–H and O–H groups in total. The van der Waals surface area contributed by atoms with E-state index in [4.69, 9.17) is 0 Å². The standard InChI is InChI=1S/C12H18O2/c1-5-9-6(2)12(14)8(4)10(9)7(3)11(5)13/h5-10H,1-4H3/t5-,6-,7-,8-,9?,10?/m1/s1. The Morgan fingerprint density at radius 3 is 1.07 bits per heavy atom. The zero-order valence-corrected chi connectivity index (χ0v) is 9.28. The van der Waals surface area contributed by atoms with Crippen molar-refractivity contribution in [2.75, 3.05) is 0 Å². The maximum absolute atomic E-state index is 11.8. The smallest absolute Gasteiger partial charge is 0.139 e. The van der Waals surface area contributed by atoms with Gasteiger partial charge >= 0.3 is 0 Å². The number of hydrogen-bond acceptors (Lipinski definition) is 2. The third kappa shape index (κ3) is 0.971. The minimum Gasteiger partial charge on any atom is -0.299 e. The third-order valence-electron chi connectivity index (χ3n) is 4.55. The van der Waals surface area contributed by atoms with E-state index in [1.165, 1.54) is 0 Å². The topological polar surface area (TPSA) is 34.1 Å². The number of carbonyl (C=O) groups excluding carboxylic acids is 2. The van der Waals surface area contributed by atoms with E-state index in [0.717, 1.165) is 0 Å². The predicted octanol–water partition coefficient (Wildman–Crippen LogP) is 1.93. The molecule has 2 fully saturated rings. The molecule has 14 heavy (non-hydrogen) atoms. The van der Waals surface area contributed by atoms with Crippen LogP contribution in [0.4, 0.5) is 0 Å². The Morgan fingerprint density at radius 1 is 0.643 bits per heavy atom. The molecule has 0 unspecified atom stereocenters. The average molecular weight is 194 g/mol. The number of rotatable bonds is 0. The maximum Gasteiger partial charge on any atom is 0.139 e. The van der Waals surface area contributed by atoms with Crippen LogP contribution in [-0.4, -0.2) is 11.6 Å². The van der Waals surface area contributed by atoms with Gasteiger partial charge in [-0.2, -0.15) is 0 Å². The molecule has 0 saturated heterocycles. The van der Waals surface area contributed by atoms with E-state index in [0.29, 0.717) is 23.4 Å². The molecule has 0 spiro atoms. The molecule has 0 amide bonds.